The van der Waals surface area contributed by atoms with Gasteiger partial charge in [0.25, 0.3) is 0 Å². The fourth-order valence-corrected chi connectivity index (χ4v) is 6.72. The number of nitrogens with zero attached hydrogens (tertiary/aromatic N) is 2. The SMILES string of the molecule is CCOC(=O)c1c(-c2ccccc2-c2cc(-c3ccc(OC)cc3)nc(-c3ccccc3)c2C(=O)OCC)cc(-c2ccc(OC)cc2)nc1-c1ccccc1. The van der Waals surface area contributed by atoms with Gasteiger partial charge in [0.15, 0.2) is 0 Å². The summed E-state index contributed by atoms with van der Waals surface area (Å²) in [7, 11) is 3.24. The Morgan fingerprint density at radius 3 is 1.14 bits per heavy atom. The van der Waals surface area contributed by atoms with Crippen molar-refractivity contribution < 1.29 is 28.5 Å². The molecule has 278 valence electrons. The Morgan fingerprint density at radius 1 is 0.446 bits per heavy atom. The molecule has 0 bridgehead atoms. The number of pyridine rings is 2. The van der Waals surface area contributed by atoms with Crippen LogP contribution in [0.15, 0.2) is 146 Å². The third kappa shape index (κ3) is 7.63. The predicted molar refractivity (Wildman–Crippen MR) is 220 cm³/mol. The summed E-state index contributed by atoms with van der Waals surface area (Å²) in [5, 5.41) is 0. The maximum absolute atomic E-state index is 14.2. The molecule has 0 unspecified atom stereocenters. The van der Waals surface area contributed by atoms with Gasteiger partial charge in [0.2, 0.25) is 0 Å². The van der Waals surface area contributed by atoms with Crippen molar-refractivity contribution in [3.05, 3.63) is 157 Å². The van der Waals surface area contributed by atoms with Crippen LogP contribution in [0.5, 0.6) is 11.5 Å². The average molecular weight is 741 g/mol. The van der Waals surface area contributed by atoms with E-state index in [0.717, 1.165) is 22.3 Å². The van der Waals surface area contributed by atoms with Crippen molar-refractivity contribution in [2.75, 3.05) is 27.4 Å². The molecule has 0 atom stereocenters. The van der Waals surface area contributed by atoms with Crippen molar-refractivity contribution in [1.82, 2.24) is 9.97 Å². The summed E-state index contributed by atoms with van der Waals surface area (Å²) in [5.74, 6) is 0.372. The molecule has 5 aromatic carbocycles. The molecular weight excluding hydrogens is 701 g/mol. The monoisotopic (exact) mass is 740 g/mol. The van der Waals surface area contributed by atoms with Gasteiger partial charge in [0.1, 0.15) is 11.5 Å². The van der Waals surface area contributed by atoms with E-state index in [1.54, 1.807) is 28.1 Å². The van der Waals surface area contributed by atoms with Crippen molar-refractivity contribution >= 4 is 11.9 Å². The van der Waals surface area contributed by atoms with Crippen molar-refractivity contribution in [1.29, 1.82) is 0 Å². The van der Waals surface area contributed by atoms with Crippen molar-refractivity contribution in [3.63, 3.8) is 0 Å². The summed E-state index contributed by atoms with van der Waals surface area (Å²) in [5.41, 5.74) is 8.45. The third-order valence-corrected chi connectivity index (χ3v) is 9.37. The zero-order valence-corrected chi connectivity index (χ0v) is 31.6. The molecule has 0 aliphatic rings. The van der Waals surface area contributed by atoms with Gasteiger partial charge in [-0.3, -0.25) is 0 Å². The summed E-state index contributed by atoms with van der Waals surface area (Å²) < 4.78 is 22.4. The van der Waals surface area contributed by atoms with Gasteiger partial charge < -0.3 is 18.9 Å². The number of aromatic nitrogens is 2. The molecule has 0 spiro atoms. The molecule has 7 rings (SSSR count). The molecule has 0 radical (unpaired) electrons. The van der Waals surface area contributed by atoms with Crippen LogP contribution in [0.4, 0.5) is 0 Å². The van der Waals surface area contributed by atoms with Crippen LogP contribution in [-0.4, -0.2) is 49.3 Å². The minimum atomic E-state index is -0.519. The molecule has 7 aromatic rings. The second-order valence-corrected chi connectivity index (χ2v) is 12.7. The second-order valence-electron chi connectivity index (χ2n) is 12.7. The van der Waals surface area contributed by atoms with Gasteiger partial charge in [0, 0.05) is 33.4 Å². The van der Waals surface area contributed by atoms with Gasteiger partial charge in [-0.2, -0.15) is 0 Å². The maximum atomic E-state index is 14.2. The van der Waals surface area contributed by atoms with Crippen LogP contribution in [0.1, 0.15) is 34.6 Å². The lowest BCUT2D eigenvalue weighted by atomic mass is 9.86. The van der Waals surface area contributed by atoms with E-state index in [1.165, 1.54) is 0 Å². The quantitative estimate of drug-likeness (QED) is 0.114. The van der Waals surface area contributed by atoms with E-state index >= 15 is 0 Å². The number of carbonyl (C=O) groups is 2. The van der Waals surface area contributed by atoms with Crippen LogP contribution in [0.2, 0.25) is 0 Å². The minimum absolute atomic E-state index is 0.164. The number of benzene rings is 5. The van der Waals surface area contributed by atoms with Crippen molar-refractivity contribution in [2.45, 2.75) is 13.8 Å². The lowest BCUT2D eigenvalue weighted by molar-refractivity contribution is 0.0518. The van der Waals surface area contributed by atoms with Crippen LogP contribution in [-0.2, 0) is 9.47 Å². The summed E-state index contributed by atoms with van der Waals surface area (Å²) in [6.07, 6.45) is 0. The zero-order valence-electron chi connectivity index (χ0n) is 31.6. The van der Waals surface area contributed by atoms with Gasteiger partial charge in [0.05, 0.1) is 61.3 Å². The van der Waals surface area contributed by atoms with E-state index in [2.05, 4.69) is 0 Å². The molecule has 2 aromatic heterocycles. The van der Waals surface area contributed by atoms with E-state index in [0.29, 0.717) is 67.7 Å². The molecule has 2 heterocycles. The highest BCUT2D eigenvalue weighted by Gasteiger charge is 2.28. The number of methoxy groups -OCH3 is 2. The smallest absolute Gasteiger partial charge is 0.340 e. The highest BCUT2D eigenvalue weighted by Crippen LogP contribution is 2.43. The average Bonchev–Trinajstić information content (AvgIpc) is 3.26. The first-order valence-electron chi connectivity index (χ1n) is 18.4. The first-order valence-corrected chi connectivity index (χ1v) is 18.4. The predicted octanol–water partition coefficient (Wildman–Crippen LogP) is 10.8. The number of esters is 2. The fourth-order valence-electron chi connectivity index (χ4n) is 6.72. The zero-order chi connectivity index (χ0) is 39.0. The summed E-state index contributed by atoms with van der Waals surface area (Å²) in [6.45, 7) is 3.89. The molecule has 0 N–H and O–H groups in total. The van der Waals surface area contributed by atoms with E-state index in [9.17, 15) is 9.59 Å². The van der Waals surface area contributed by atoms with Crippen LogP contribution in [0.25, 0.3) is 67.3 Å². The van der Waals surface area contributed by atoms with Crippen LogP contribution in [0.3, 0.4) is 0 Å². The normalized spacial score (nSPS) is 10.8. The topological polar surface area (TPSA) is 96.8 Å². The van der Waals surface area contributed by atoms with Crippen LogP contribution in [0, 0.1) is 0 Å². The highest BCUT2D eigenvalue weighted by molar-refractivity contribution is 6.09. The summed E-state index contributed by atoms with van der Waals surface area (Å²) >= 11 is 0. The van der Waals surface area contributed by atoms with E-state index < -0.39 is 11.9 Å². The molecule has 0 saturated carbocycles. The fraction of sp³-hybridized carbons (Fsp3) is 0.125. The van der Waals surface area contributed by atoms with E-state index in [4.69, 9.17) is 28.9 Å². The molecule has 0 aliphatic heterocycles. The minimum Gasteiger partial charge on any atom is -0.497 e. The van der Waals surface area contributed by atoms with Gasteiger partial charge in [-0.25, -0.2) is 19.6 Å². The molecule has 0 aliphatic carbocycles. The standard InChI is InChI=1S/C48H40N2O6/c1-5-55-47(51)43-39(29-41(31-21-25-35(53-3)26-22-31)49-45(43)33-15-9-7-10-16-33)37-19-13-14-20-38(37)40-30-42(32-23-27-36(54-4)28-24-32)50-46(34-17-11-8-12-18-34)44(40)48(52)56-6-2/h7-30H,5-6H2,1-4H3. The lowest BCUT2D eigenvalue weighted by Gasteiger charge is -2.21. The lowest BCUT2D eigenvalue weighted by Crippen LogP contribution is -2.12. The molecule has 8 nitrogen and oxygen atoms in total. The van der Waals surface area contributed by atoms with Gasteiger partial charge in [-0.05, 0) is 85.6 Å². The molecule has 0 fully saturated rings. The first-order chi connectivity index (χ1) is 27.4. The van der Waals surface area contributed by atoms with Crippen LogP contribution < -0.4 is 9.47 Å². The summed E-state index contributed by atoms with van der Waals surface area (Å²) in [4.78, 5) is 38.7. The summed E-state index contributed by atoms with van der Waals surface area (Å²) in [6, 6.07) is 46.0. The Kier molecular flexibility index (Phi) is 11.3. The molecular formula is C48H40N2O6. The number of carbonyl (C=O) groups excluding carboxylic acids is 2. The Balaban J connectivity index is 1.59. The van der Waals surface area contributed by atoms with Crippen LogP contribution >= 0.6 is 0 Å². The Hall–Kier alpha value is -7.06. The number of ether oxygens (including phenoxy) is 4. The first kappa shape index (κ1) is 37.3. The van der Waals surface area contributed by atoms with E-state index in [1.807, 2.05) is 146 Å². The number of hydrogen-bond donors (Lipinski definition) is 0. The maximum Gasteiger partial charge on any atom is 0.340 e. The second kappa shape index (κ2) is 17.0. The van der Waals surface area contributed by atoms with E-state index in [-0.39, 0.29) is 13.2 Å². The molecule has 0 amide bonds. The Labute approximate surface area is 326 Å². The molecule has 8 heteroatoms. The van der Waals surface area contributed by atoms with Gasteiger partial charge in [-0.1, -0.05) is 84.9 Å². The largest absolute Gasteiger partial charge is 0.497 e. The number of hydrogen-bond acceptors (Lipinski definition) is 8. The van der Waals surface area contributed by atoms with Gasteiger partial charge in [-0.15, -0.1) is 0 Å². The Bertz CT molecular complexity index is 2310. The van der Waals surface area contributed by atoms with Crippen molar-refractivity contribution in [3.8, 4) is 78.8 Å². The molecule has 56 heavy (non-hydrogen) atoms. The number of rotatable bonds is 12. The third-order valence-electron chi connectivity index (χ3n) is 9.37. The van der Waals surface area contributed by atoms with Gasteiger partial charge >= 0.3 is 11.9 Å². The Morgan fingerprint density at radius 2 is 0.804 bits per heavy atom. The molecule has 0 saturated heterocycles. The van der Waals surface area contributed by atoms with Crippen molar-refractivity contribution in [2.24, 2.45) is 0 Å². The highest BCUT2D eigenvalue weighted by atomic mass is 16.5.